The first kappa shape index (κ1) is 8.11. The molecule has 1 aliphatic rings. The van der Waals surface area contributed by atoms with Gasteiger partial charge in [0.1, 0.15) is 0 Å². The molecular formula is C4H8ClNOS. The SMILES string of the molecule is CCl.O=C1CCSN1. The van der Waals surface area contributed by atoms with E-state index in [1.54, 1.807) is 0 Å². The van der Waals surface area contributed by atoms with Crippen LogP contribution in [0.2, 0.25) is 0 Å². The molecule has 0 unspecified atom stereocenters. The molecule has 1 heterocycles. The minimum Gasteiger partial charge on any atom is -0.300 e. The first-order valence-corrected chi connectivity index (χ1v) is 3.92. The zero-order valence-corrected chi connectivity index (χ0v) is 6.18. The highest BCUT2D eigenvalue weighted by molar-refractivity contribution is 7.98. The van der Waals surface area contributed by atoms with Gasteiger partial charge in [-0.05, 0) is 11.9 Å². The zero-order valence-electron chi connectivity index (χ0n) is 4.61. The summed E-state index contributed by atoms with van der Waals surface area (Å²) in [5, 5.41) is 0. The van der Waals surface area contributed by atoms with E-state index in [1.165, 1.54) is 18.3 Å². The Hall–Kier alpha value is 0.110. The number of carbonyl (C=O) groups excluding carboxylic acids is 1. The molecule has 0 bridgehead atoms. The van der Waals surface area contributed by atoms with Crippen LogP contribution in [0.25, 0.3) is 0 Å². The van der Waals surface area contributed by atoms with Crippen LogP contribution < -0.4 is 4.72 Å². The number of hydrogen-bond donors (Lipinski definition) is 1. The van der Waals surface area contributed by atoms with E-state index in [-0.39, 0.29) is 5.91 Å². The molecule has 0 aromatic heterocycles. The van der Waals surface area contributed by atoms with Gasteiger partial charge in [-0.25, -0.2) is 0 Å². The molecule has 1 amide bonds. The molecule has 0 aliphatic carbocycles. The number of amides is 1. The first-order valence-electron chi connectivity index (χ1n) is 2.18. The van der Waals surface area contributed by atoms with Crippen molar-refractivity contribution in [1.82, 2.24) is 4.72 Å². The van der Waals surface area contributed by atoms with Gasteiger partial charge in [-0.2, -0.15) is 0 Å². The summed E-state index contributed by atoms with van der Waals surface area (Å²) in [6, 6.07) is 0. The zero-order chi connectivity index (χ0) is 6.41. The van der Waals surface area contributed by atoms with E-state index in [0.29, 0.717) is 6.42 Å². The second kappa shape index (κ2) is 5.25. The largest absolute Gasteiger partial charge is 0.300 e. The molecule has 1 N–H and O–H groups in total. The number of nitrogens with one attached hydrogen (secondary N) is 1. The minimum atomic E-state index is 0.167. The first-order chi connectivity index (χ1) is 3.89. The van der Waals surface area contributed by atoms with Crippen molar-refractivity contribution in [3.63, 3.8) is 0 Å². The van der Waals surface area contributed by atoms with Gasteiger partial charge in [-0.15, -0.1) is 11.6 Å². The van der Waals surface area contributed by atoms with E-state index in [4.69, 9.17) is 0 Å². The fourth-order valence-corrected chi connectivity index (χ4v) is 0.979. The average molecular weight is 154 g/mol. The second-order valence-corrected chi connectivity index (χ2v) is 2.02. The van der Waals surface area contributed by atoms with Crippen LogP contribution in [0.5, 0.6) is 0 Å². The van der Waals surface area contributed by atoms with Gasteiger partial charge < -0.3 is 4.72 Å². The van der Waals surface area contributed by atoms with Gasteiger partial charge >= 0.3 is 0 Å². The summed E-state index contributed by atoms with van der Waals surface area (Å²) in [4.78, 5) is 10.1. The fraction of sp³-hybridized carbons (Fsp3) is 0.750. The van der Waals surface area contributed by atoms with Crippen LogP contribution >= 0.6 is 23.5 Å². The van der Waals surface area contributed by atoms with Gasteiger partial charge in [0.25, 0.3) is 0 Å². The summed E-state index contributed by atoms with van der Waals surface area (Å²) in [6.45, 7) is 0. The molecule has 0 saturated carbocycles. The lowest BCUT2D eigenvalue weighted by molar-refractivity contribution is -0.118. The molecule has 1 fully saturated rings. The van der Waals surface area contributed by atoms with Gasteiger partial charge in [0.05, 0.1) is 0 Å². The van der Waals surface area contributed by atoms with E-state index in [1.807, 2.05) is 0 Å². The normalized spacial score (nSPS) is 16.5. The maximum atomic E-state index is 10.1. The number of hydrogen-bond acceptors (Lipinski definition) is 2. The summed E-state index contributed by atoms with van der Waals surface area (Å²) in [6.07, 6.45) is 2.17. The average Bonchev–Trinajstić information content (AvgIpc) is 2.24. The molecule has 48 valence electrons. The smallest absolute Gasteiger partial charge is 0.230 e. The van der Waals surface area contributed by atoms with Crippen molar-refractivity contribution >= 4 is 29.5 Å². The number of halogens is 1. The number of rotatable bonds is 0. The summed E-state index contributed by atoms with van der Waals surface area (Å²) in [7, 11) is 0. The van der Waals surface area contributed by atoms with Crippen LogP contribution in [0.15, 0.2) is 0 Å². The van der Waals surface area contributed by atoms with E-state index < -0.39 is 0 Å². The third-order valence-corrected chi connectivity index (χ3v) is 1.40. The standard InChI is InChI=1S/C3H5NOS.CH3Cl/c5-3-1-2-6-4-3;1-2/h1-2H2,(H,4,5);1H3. The van der Waals surface area contributed by atoms with Crippen LogP contribution in [0.3, 0.4) is 0 Å². The minimum absolute atomic E-state index is 0.167. The highest BCUT2D eigenvalue weighted by Crippen LogP contribution is 2.04. The van der Waals surface area contributed by atoms with Crippen LogP contribution in [0.4, 0.5) is 0 Å². The van der Waals surface area contributed by atoms with E-state index in [0.717, 1.165) is 5.75 Å². The number of carbonyl (C=O) groups is 1. The third kappa shape index (κ3) is 3.16. The molecular weight excluding hydrogens is 146 g/mol. The Balaban J connectivity index is 0.000000222. The molecule has 0 radical (unpaired) electrons. The maximum Gasteiger partial charge on any atom is 0.230 e. The molecule has 8 heavy (non-hydrogen) atoms. The Bertz CT molecular complexity index is 70.4. The molecule has 0 aromatic rings. The Morgan fingerprint density at radius 2 is 2.38 bits per heavy atom. The van der Waals surface area contributed by atoms with Crippen LogP contribution in [0, 0.1) is 0 Å². The molecule has 4 heteroatoms. The molecule has 2 nitrogen and oxygen atoms in total. The molecule has 1 rings (SSSR count). The fourth-order valence-electron chi connectivity index (χ4n) is 0.326. The van der Waals surface area contributed by atoms with Gasteiger partial charge in [0.2, 0.25) is 5.91 Å². The number of alkyl halides is 1. The summed E-state index contributed by atoms with van der Waals surface area (Å²) < 4.78 is 2.60. The van der Waals surface area contributed by atoms with Gasteiger partial charge in [-0.3, -0.25) is 4.79 Å². The van der Waals surface area contributed by atoms with Crippen molar-refractivity contribution in [1.29, 1.82) is 0 Å². The molecule has 0 aromatic carbocycles. The van der Waals surface area contributed by atoms with Crippen molar-refractivity contribution < 1.29 is 4.79 Å². The molecule has 1 aliphatic heterocycles. The van der Waals surface area contributed by atoms with Crippen molar-refractivity contribution in [2.45, 2.75) is 6.42 Å². The van der Waals surface area contributed by atoms with Gasteiger partial charge in [0.15, 0.2) is 0 Å². The lowest BCUT2D eigenvalue weighted by Crippen LogP contribution is -2.04. The Morgan fingerprint density at radius 3 is 2.50 bits per heavy atom. The van der Waals surface area contributed by atoms with Crippen molar-refractivity contribution in [3.05, 3.63) is 0 Å². The maximum absolute atomic E-state index is 10.1. The second-order valence-electron chi connectivity index (χ2n) is 1.12. The van der Waals surface area contributed by atoms with Crippen molar-refractivity contribution in [2.75, 3.05) is 12.1 Å². The highest BCUT2D eigenvalue weighted by Gasteiger charge is 2.06. The molecule has 0 atom stereocenters. The van der Waals surface area contributed by atoms with Gasteiger partial charge in [0, 0.05) is 18.6 Å². The van der Waals surface area contributed by atoms with E-state index >= 15 is 0 Å². The van der Waals surface area contributed by atoms with E-state index in [2.05, 4.69) is 16.3 Å². The van der Waals surface area contributed by atoms with Gasteiger partial charge in [-0.1, -0.05) is 0 Å². The van der Waals surface area contributed by atoms with E-state index in [9.17, 15) is 4.79 Å². The summed E-state index contributed by atoms with van der Waals surface area (Å²) in [5.74, 6) is 1.11. The topological polar surface area (TPSA) is 29.1 Å². The Labute approximate surface area is 58.1 Å². The quantitative estimate of drug-likeness (QED) is 0.416. The third-order valence-electron chi connectivity index (χ3n) is 0.617. The predicted octanol–water partition coefficient (Wildman–Crippen LogP) is 1.01. The predicted molar refractivity (Wildman–Crippen MR) is 37.0 cm³/mol. The monoisotopic (exact) mass is 153 g/mol. The lowest BCUT2D eigenvalue weighted by atomic mass is 10.5. The van der Waals surface area contributed by atoms with Crippen LogP contribution in [-0.2, 0) is 4.79 Å². The van der Waals surface area contributed by atoms with Crippen LogP contribution in [0.1, 0.15) is 6.42 Å². The highest BCUT2D eigenvalue weighted by atomic mass is 35.5. The van der Waals surface area contributed by atoms with Crippen molar-refractivity contribution in [3.8, 4) is 0 Å². The lowest BCUT2D eigenvalue weighted by Gasteiger charge is -1.78. The molecule has 1 saturated heterocycles. The van der Waals surface area contributed by atoms with Crippen molar-refractivity contribution in [2.24, 2.45) is 0 Å². The Morgan fingerprint density at radius 1 is 1.75 bits per heavy atom. The molecule has 0 spiro atoms. The van der Waals surface area contributed by atoms with Crippen LogP contribution in [-0.4, -0.2) is 18.0 Å². The summed E-state index contributed by atoms with van der Waals surface area (Å²) >= 11 is 6.12. The Kier molecular flexibility index (Phi) is 5.32. The summed E-state index contributed by atoms with van der Waals surface area (Å²) in [5.41, 5.74) is 0.